The fraction of sp³-hybridized carbons (Fsp3) is 0.462. The molecule has 1 aliphatic heterocycles. The smallest absolute Gasteiger partial charge is 0.150 e. The predicted octanol–water partition coefficient (Wildman–Crippen LogP) is 3.28. The second-order valence-corrected chi connectivity index (χ2v) is 4.82. The molecule has 0 radical (unpaired) electrons. The van der Waals surface area contributed by atoms with E-state index >= 15 is 0 Å². The topological polar surface area (TPSA) is 20.3 Å². The van der Waals surface area contributed by atoms with Crippen LogP contribution in [0.4, 0.5) is 4.39 Å². The first-order chi connectivity index (χ1) is 8.20. The Labute approximate surface area is 105 Å². The van der Waals surface area contributed by atoms with Gasteiger partial charge in [0.15, 0.2) is 0 Å². The van der Waals surface area contributed by atoms with Crippen molar-refractivity contribution in [2.24, 2.45) is 0 Å². The van der Waals surface area contributed by atoms with Gasteiger partial charge in [-0.2, -0.15) is 0 Å². The molecule has 4 heteroatoms. The maximum absolute atomic E-state index is 13.8. The molecule has 0 unspecified atom stereocenters. The molecule has 0 aliphatic carbocycles. The number of aldehydes is 1. The van der Waals surface area contributed by atoms with Crippen molar-refractivity contribution in [3.05, 3.63) is 34.1 Å². The molecule has 1 aliphatic rings. The summed E-state index contributed by atoms with van der Waals surface area (Å²) in [7, 11) is 0. The van der Waals surface area contributed by atoms with Crippen molar-refractivity contribution in [1.82, 2.24) is 4.90 Å². The largest absolute Gasteiger partial charge is 0.299 e. The summed E-state index contributed by atoms with van der Waals surface area (Å²) < 4.78 is 13.8. The van der Waals surface area contributed by atoms with Crippen LogP contribution in [0.5, 0.6) is 0 Å². The molecule has 0 aromatic heterocycles. The molecule has 1 aromatic carbocycles. The van der Waals surface area contributed by atoms with Crippen molar-refractivity contribution >= 4 is 17.9 Å². The lowest BCUT2D eigenvalue weighted by Gasteiger charge is -2.26. The second-order valence-electron chi connectivity index (χ2n) is 4.42. The Kier molecular flexibility index (Phi) is 4.13. The molecule has 0 bridgehead atoms. The van der Waals surface area contributed by atoms with Crippen molar-refractivity contribution < 1.29 is 9.18 Å². The number of nitrogens with zero attached hydrogens (tertiary/aromatic N) is 1. The maximum atomic E-state index is 13.8. The van der Waals surface area contributed by atoms with Gasteiger partial charge in [-0.1, -0.05) is 18.0 Å². The minimum absolute atomic E-state index is 0.287. The van der Waals surface area contributed by atoms with E-state index in [1.165, 1.54) is 18.6 Å². The lowest BCUT2D eigenvalue weighted by atomic mass is 10.1. The summed E-state index contributed by atoms with van der Waals surface area (Å²) in [5.41, 5.74) is 0.786. The van der Waals surface area contributed by atoms with E-state index in [9.17, 15) is 9.18 Å². The molecular weight excluding hydrogens is 241 g/mol. The Balaban J connectivity index is 2.17. The zero-order valence-corrected chi connectivity index (χ0v) is 10.3. The fourth-order valence-corrected chi connectivity index (χ4v) is 2.46. The van der Waals surface area contributed by atoms with Gasteiger partial charge in [-0.15, -0.1) is 0 Å². The number of rotatable bonds is 3. The Morgan fingerprint density at radius 3 is 2.59 bits per heavy atom. The molecule has 0 N–H and O–H groups in total. The standard InChI is InChI=1S/C13H15ClFNO/c14-12-6-10(9-17)7-13(15)11(12)8-16-4-2-1-3-5-16/h6-7,9H,1-5,8H2. The molecule has 92 valence electrons. The molecule has 0 atom stereocenters. The number of benzene rings is 1. The lowest BCUT2D eigenvalue weighted by molar-refractivity contribution is 0.112. The van der Waals surface area contributed by atoms with Gasteiger partial charge in [-0.3, -0.25) is 9.69 Å². The average Bonchev–Trinajstić information content (AvgIpc) is 2.35. The Morgan fingerprint density at radius 1 is 1.29 bits per heavy atom. The minimum atomic E-state index is -0.384. The van der Waals surface area contributed by atoms with Crippen molar-refractivity contribution in [3.63, 3.8) is 0 Å². The van der Waals surface area contributed by atoms with E-state index in [-0.39, 0.29) is 11.4 Å². The average molecular weight is 256 g/mol. The third-order valence-electron chi connectivity index (χ3n) is 3.13. The lowest BCUT2D eigenvalue weighted by Crippen LogP contribution is -2.29. The Bertz CT molecular complexity index is 393. The quantitative estimate of drug-likeness (QED) is 0.773. The van der Waals surface area contributed by atoms with Gasteiger partial charge < -0.3 is 0 Å². The van der Waals surface area contributed by atoms with Crippen LogP contribution < -0.4 is 0 Å². The van der Waals surface area contributed by atoms with Crippen LogP contribution in [0.15, 0.2) is 12.1 Å². The second kappa shape index (κ2) is 5.61. The van der Waals surface area contributed by atoms with Gasteiger partial charge in [0.2, 0.25) is 0 Å². The van der Waals surface area contributed by atoms with Crippen LogP contribution in [-0.4, -0.2) is 24.3 Å². The number of hydrogen-bond acceptors (Lipinski definition) is 2. The molecule has 1 aromatic rings. The minimum Gasteiger partial charge on any atom is -0.299 e. The zero-order valence-electron chi connectivity index (χ0n) is 9.59. The molecule has 1 saturated heterocycles. The van der Waals surface area contributed by atoms with E-state index in [0.29, 0.717) is 23.4 Å². The van der Waals surface area contributed by atoms with Crippen LogP contribution in [0.3, 0.4) is 0 Å². The number of hydrogen-bond donors (Lipinski definition) is 0. The molecule has 0 saturated carbocycles. The summed E-state index contributed by atoms with van der Waals surface area (Å²) in [6.45, 7) is 2.51. The number of likely N-dealkylation sites (tertiary alicyclic amines) is 1. The van der Waals surface area contributed by atoms with Crippen LogP contribution in [0.25, 0.3) is 0 Å². The van der Waals surface area contributed by atoms with Crippen molar-refractivity contribution in [2.45, 2.75) is 25.8 Å². The van der Waals surface area contributed by atoms with Crippen molar-refractivity contribution in [3.8, 4) is 0 Å². The highest BCUT2D eigenvalue weighted by Gasteiger charge is 2.15. The SMILES string of the molecule is O=Cc1cc(F)c(CN2CCCCC2)c(Cl)c1. The summed E-state index contributed by atoms with van der Waals surface area (Å²) >= 11 is 6.01. The predicted molar refractivity (Wildman–Crippen MR) is 65.9 cm³/mol. The number of carbonyl (C=O) groups is 1. The number of halogens is 2. The molecule has 1 heterocycles. The van der Waals surface area contributed by atoms with E-state index in [1.54, 1.807) is 0 Å². The molecule has 17 heavy (non-hydrogen) atoms. The van der Waals surface area contributed by atoms with Gasteiger partial charge >= 0.3 is 0 Å². The van der Waals surface area contributed by atoms with Crippen molar-refractivity contribution in [2.75, 3.05) is 13.1 Å². The molecule has 1 fully saturated rings. The Hall–Kier alpha value is -0.930. The molecule has 2 rings (SSSR count). The van der Waals surface area contributed by atoms with Crippen LogP contribution in [0.1, 0.15) is 35.2 Å². The maximum Gasteiger partial charge on any atom is 0.150 e. The van der Waals surface area contributed by atoms with Crippen LogP contribution in [-0.2, 0) is 6.54 Å². The highest BCUT2D eigenvalue weighted by Crippen LogP contribution is 2.24. The zero-order chi connectivity index (χ0) is 12.3. The highest BCUT2D eigenvalue weighted by molar-refractivity contribution is 6.31. The van der Waals surface area contributed by atoms with Gasteiger partial charge in [-0.25, -0.2) is 4.39 Å². The Morgan fingerprint density at radius 2 is 2.00 bits per heavy atom. The summed E-state index contributed by atoms with van der Waals surface area (Å²) in [4.78, 5) is 12.8. The van der Waals surface area contributed by atoms with Gasteiger partial charge in [0.1, 0.15) is 12.1 Å². The summed E-state index contributed by atoms with van der Waals surface area (Å²) in [6, 6.07) is 2.77. The summed E-state index contributed by atoms with van der Waals surface area (Å²) in [5, 5.41) is 0.345. The third-order valence-corrected chi connectivity index (χ3v) is 3.47. The number of piperidine rings is 1. The fourth-order valence-electron chi connectivity index (χ4n) is 2.18. The highest BCUT2D eigenvalue weighted by atomic mass is 35.5. The summed E-state index contributed by atoms with van der Waals surface area (Å²) in [6.07, 6.45) is 4.17. The molecular formula is C13H15ClFNO. The normalized spacial score (nSPS) is 17.1. The van der Waals surface area contributed by atoms with E-state index in [2.05, 4.69) is 4.90 Å². The summed E-state index contributed by atoms with van der Waals surface area (Å²) in [5.74, 6) is -0.384. The number of carbonyl (C=O) groups excluding carboxylic acids is 1. The van der Waals surface area contributed by atoms with Crippen LogP contribution in [0.2, 0.25) is 5.02 Å². The van der Waals surface area contributed by atoms with Gasteiger partial charge in [0, 0.05) is 22.7 Å². The van der Waals surface area contributed by atoms with E-state index in [0.717, 1.165) is 25.9 Å². The van der Waals surface area contributed by atoms with Gasteiger partial charge in [-0.05, 0) is 38.1 Å². The van der Waals surface area contributed by atoms with Gasteiger partial charge in [0.05, 0.1) is 0 Å². The monoisotopic (exact) mass is 255 g/mol. The van der Waals surface area contributed by atoms with Crippen LogP contribution in [0, 0.1) is 5.82 Å². The van der Waals surface area contributed by atoms with E-state index in [4.69, 9.17) is 11.6 Å². The first kappa shape index (κ1) is 12.5. The van der Waals surface area contributed by atoms with Gasteiger partial charge in [0.25, 0.3) is 0 Å². The molecule has 0 spiro atoms. The van der Waals surface area contributed by atoms with E-state index in [1.807, 2.05) is 0 Å². The van der Waals surface area contributed by atoms with E-state index < -0.39 is 0 Å². The van der Waals surface area contributed by atoms with Crippen molar-refractivity contribution in [1.29, 1.82) is 0 Å². The first-order valence-corrected chi connectivity index (χ1v) is 6.24. The third kappa shape index (κ3) is 3.05. The molecule has 0 amide bonds. The van der Waals surface area contributed by atoms with Crippen LogP contribution >= 0.6 is 11.6 Å². The first-order valence-electron chi connectivity index (χ1n) is 5.86. The molecule has 2 nitrogen and oxygen atoms in total.